The summed E-state index contributed by atoms with van der Waals surface area (Å²) in [6.45, 7) is -0.391. The topological polar surface area (TPSA) is 69.6 Å². The minimum atomic E-state index is -0.494. The number of aliphatic hydroxyl groups excluding tert-OH is 2. The molecule has 0 saturated heterocycles. The molecule has 1 amide bonds. The zero-order chi connectivity index (χ0) is 11.5. The van der Waals surface area contributed by atoms with Crippen molar-refractivity contribution >= 4 is 5.91 Å². The Labute approximate surface area is 96.0 Å². The maximum absolute atomic E-state index is 11.7. The molecule has 4 heteroatoms. The molecular formula is C12H21NO3. The Hall–Kier alpha value is -0.610. The molecule has 2 rings (SSSR count). The Kier molecular flexibility index (Phi) is 3.82. The maximum atomic E-state index is 11.7. The van der Waals surface area contributed by atoms with Crippen LogP contribution in [0.2, 0.25) is 0 Å². The third kappa shape index (κ3) is 2.55. The highest BCUT2D eigenvalue weighted by Crippen LogP contribution is 2.49. The van der Waals surface area contributed by atoms with E-state index in [0.717, 1.165) is 11.8 Å². The zero-order valence-electron chi connectivity index (χ0n) is 9.56. The van der Waals surface area contributed by atoms with Crippen molar-refractivity contribution < 1.29 is 15.0 Å². The Morgan fingerprint density at radius 1 is 1.25 bits per heavy atom. The van der Waals surface area contributed by atoms with E-state index >= 15 is 0 Å². The molecule has 92 valence electrons. The number of aliphatic hydroxyl groups is 2. The van der Waals surface area contributed by atoms with Gasteiger partial charge in [-0.05, 0) is 37.0 Å². The highest BCUT2D eigenvalue weighted by molar-refractivity contribution is 5.76. The summed E-state index contributed by atoms with van der Waals surface area (Å²) in [5.41, 5.74) is 0. The highest BCUT2D eigenvalue weighted by Gasteiger charge is 2.40. The molecule has 0 spiro atoms. The zero-order valence-corrected chi connectivity index (χ0v) is 9.56. The summed E-state index contributed by atoms with van der Waals surface area (Å²) < 4.78 is 0. The number of hydrogen-bond acceptors (Lipinski definition) is 3. The SMILES string of the molecule is O=C(CC1CC2CCC1C2)NC(CO)CO. The third-order valence-corrected chi connectivity index (χ3v) is 4.14. The largest absolute Gasteiger partial charge is 0.394 e. The van der Waals surface area contributed by atoms with Crippen molar-refractivity contribution in [1.29, 1.82) is 0 Å². The van der Waals surface area contributed by atoms with E-state index in [9.17, 15) is 4.79 Å². The van der Waals surface area contributed by atoms with Crippen LogP contribution in [0.4, 0.5) is 0 Å². The molecule has 2 aliphatic carbocycles. The van der Waals surface area contributed by atoms with E-state index in [0.29, 0.717) is 12.3 Å². The van der Waals surface area contributed by atoms with Gasteiger partial charge in [-0.25, -0.2) is 0 Å². The van der Waals surface area contributed by atoms with Gasteiger partial charge in [-0.3, -0.25) is 4.79 Å². The Bertz CT molecular complexity index is 253. The molecule has 3 N–H and O–H groups in total. The molecule has 0 heterocycles. The molecule has 2 fully saturated rings. The van der Waals surface area contributed by atoms with Gasteiger partial charge in [0.1, 0.15) is 0 Å². The van der Waals surface area contributed by atoms with Crippen LogP contribution in [0.25, 0.3) is 0 Å². The smallest absolute Gasteiger partial charge is 0.220 e. The van der Waals surface area contributed by atoms with Crippen LogP contribution in [0, 0.1) is 17.8 Å². The summed E-state index contributed by atoms with van der Waals surface area (Å²) in [6.07, 6.45) is 5.70. The number of fused-ring (bicyclic) bond motifs is 2. The quantitative estimate of drug-likeness (QED) is 0.632. The molecule has 0 aromatic carbocycles. The van der Waals surface area contributed by atoms with Crippen LogP contribution in [0.5, 0.6) is 0 Å². The number of hydrogen-bond donors (Lipinski definition) is 3. The summed E-state index contributed by atoms with van der Waals surface area (Å²) in [5.74, 6) is 2.12. The van der Waals surface area contributed by atoms with Crippen LogP contribution in [-0.2, 0) is 4.79 Å². The number of carbonyl (C=O) groups is 1. The van der Waals surface area contributed by atoms with Crippen molar-refractivity contribution in [2.24, 2.45) is 17.8 Å². The lowest BCUT2D eigenvalue weighted by molar-refractivity contribution is -0.123. The van der Waals surface area contributed by atoms with Crippen molar-refractivity contribution in [3.63, 3.8) is 0 Å². The highest BCUT2D eigenvalue weighted by atomic mass is 16.3. The molecule has 4 nitrogen and oxygen atoms in total. The lowest BCUT2D eigenvalue weighted by Gasteiger charge is -2.22. The molecule has 2 bridgehead atoms. The Morgan fingerprint density at radius 2 is 2.00 bits per heavy atom. The molecule has 0 aromatic heterocycles. The Balaban J connectivity index is 1.75. The molecule has 3 unspecified atom stereocenters. The molecule has 3 atom stereocenters. The van der Waals surface area contributed by atoms with Gasteiger partial charge in [-0.2, -0.15) is 0 Å². The normalized spacial score (nSPS) is 32.3. The molecule has 16 heavy (non-hydrogen) atoms. The standard InChI is InChI=1S/C12H21NO3/c14-6-11(7-15)13-12(16)5-10-4-8-1-2-9(10)3-8/h8-11,14-15H,1-7H2,(H,13,16). The summed E-state index contributed by atoms with van der Waals surface area (Å²) in [6, 6.07) is -0.494. The number of rotatable bonds is 5. The van der Waals surface area contributed by atoms with Crippen molar-refractivity contribution in [2.75, 3.05) is 13.2 Å². The van der Waals surface area contributed by atoms with Crippen LogP contribution in [0.15, 0.2) is 0 Å². The predicted octanol–water partition coefficient (Wildman–Crippen LogP) is 0.282. The van der Waals surface area contributed by atoms with E-state index in [1.165, 1.54) is 25.7 Å². The first-order chi connectivity index (χ1) is 7.72. The fourth-order valence-electron chi connectivity index (χ4n) is 3.30. The van der Waals surface area contributed by atoms with Crippen LogP contribution in [0.3, 0.4) is 0 Å². The van der Waals surface area contributed by atoms with Gasteiger partial charge in [-0.15, -0.1) is 0 Å². The lowest BCUT2D eigenvalue weighted by atomic mass is 9.86. The summed E-state index contributed by atoms with van der Waals surface area (Å²) in [7, 11) is 0. The minimum absolute atomic E-state index is 0.0225. The van der Waals surface area contributed by atoms with Crippen molar-refractivity contribution in [3.8, 4) is 0 Å². The summed E-state index contributed by atoms with van der Waals surface area (Å²) in [5, 5.41) is 20.4. The molecule has 0 radical (unpaired) electrons. The average Bonchev–Trinajstić information content (AvgIpc) is 2.87. The first-order valence-corrected chi connectivity index (χ1v) is 6.24. The van der Waals surface area contributed by atoms with Gasteiger partial charge in [0.25, 0.3) is 0 Å². The van der Waals surface area contributed by atoms with Crippen molar-refractivity contribution in [2.45, 2.75) is 38.1 Å². The predicted molar refractivity (Wildman–Crippen MR) is 59.7 cm³/mol. The first kappa shape index (κ1) is 11.9. The first-order valence-electron chi connectivity index (χ1n) is 6.24. The van der Waals surface area contributed by atoms with Gasteiger partial charge in [0.05, 0.1) is 19.3 Å². The van der Waals surface area contributed by atoms with Gasteiger partial charge >= 0.3 is 0 Å². The van der Waals surface area contributed by atoms with Crippen LogP contribution < -0.4 is 5.32 Å². The van der Waals surface area contributed by atoms with E-state index in [1.54, 1.807) is 0 Å². The van der Waals surface area contributed by atoms with Gasteiger partial charge in [0.15, 0.2) is 0 Å². The molecule has 2 aliphatic rings. The molecule has 0 aromatic rings. The second-order valence-corrected chi connectivity index (χ2v) is 5.27. The lowest BCUT2D eigenvalue weighted by Crippen LogP contribution is -2.41. The number of carbonyl (C=O) groups excluding carboxylic acids is 1. The van der Waals surface area contributed by atoms with E-state index in [4.69, 9.17) is 10.2 Å². The van der Waals surface area contributed by atoms with Gasteiger partial charge in [-0.1, -0.05) is 6.42 Å². The second kappa shape index (κ2) is 5.15. The number of nitrogens with one attached hydrogen (secondary N) is 1. The summed E-state index contributed by atoms with van der Waals surface area (Å²) in [4.78, 5) is 11.7. The summed E-state index contributed by atoms with van der Waals surface area (Å²) >= 11 is 0. The number of amides is 1. The average molecular weight is 227 g/mol. The van der Waals surface area contributed by atoms with Gasteiger partial charge < -0.3 is 15.5 Å². The third-order valence-electron chi connectivity index (χ3n) is 4.14. The molecule has 2 saturated carbocycles. The van der Waals surface area contributed by atoms with E-state index in [1.807, 2.05) is 0 Å². The fraction of sp³-hybridized carbons (Fsp3) is 0.917. The Morgan fingerprint density at radius 3 is 2.50 bits per heavy atom. The van der Waals surface area contributed by atoms with Gasteiger partial charge in [0.2, 0.25) is 5.91 Å². The van der Waals surface area contributed by atoms with E-state index < -0.39 is 6.04 Å². The minimum Gasteiger partial charge on any atom is -0.394 e. The van der Waals surface area contributed by atoms with Crippen LogP contribution >= 0.6 is 0 Å². The van der Waals surface area contributed by atoms with Crippen molar-refractivity contribution in [1.82, 2.24) is 5.32 Å². The van der Waals surface area contributed by atoms with Crippen LogP contribution in [-0.4, -0.2) is 35.4 Å². The van der Waals surface area contributed by atoms with E-state index in [-0.39, 0.29) is 19.1 Å². The van der Waals surface area contributed by atoms with Gasteiger partial charge in [0, 0.05) is 6.42 Å². The molecular weight excluding hydrogens is 206 g/mol. The van der Waals surface area contributed by atoms with Crippen molar-refractivity contribution in [3.05, 3.63) is 0 Å². The molecule has 0 aliphatic heterocycles. The fourth-order valence-corrected chi connectivity index (χ4v) is 3.30. The second-order valence-electron chi connectivity index (χ2n) is 5.27. The monoisotopic (exact) mass is 227 g/mol. The van der Waals surface area contributed by atoms with E-state index in [2.05, 4.69) is 5.32 Å². The van der Waals surface area contributed by atoms with Crippen LogP contribution in [0.1, 0.15) is 32.1 Å². The maximum Gasteiger partial charge on any atom is 0.220 e.